The first-order chi connectivity index (χ1) is 10.2. The first-order valence-electron chi connectivity index (χ1n) is 7.28. The smallest absolute Gasteiger partial charge is 0.167 e. The zero-order valence-corrected chi connectivity index (χ0v) is 12.4. The fraction of sp³-hybridized carbons (Fsp3) is 0.438. The molecule has 0 atom stereocenters. The third-order valence-corrected chi connectivity index (χ3v) is 3.24. The molecule has 1 aromatic carbocycles. The molecule has 1 aliphatic heterocycles. The average molecular weight is 288 g/mol. The lowest BCUT2D eigenvalue weighted by Crippen LogP contribution is -2.18. The molecule has 2 heterocycles. The molecular formula is C16H20N2O3. The standard InChI is InChI=1S/C16H20N2O3/c1-11(2)9-17-10-13-8-15(21-18-13)12-3-4-14-16(7-12)20-6-5-19-14/h3-4,7-8,11,17H,5-6,9-10H2,1-2H3. The fourth-order valence-electron chi connectivity index (χ4n) is 2.22. The average Bonchev–Trinajstić information content (AvgIpc) is 2.95. The van der Waals surface area contributed by atoms with E-state index < -0.39 is 0 Å². The number of ether oxygens (including phenoxy) is 2. The second-order valence-electron chi connectivity index (χ2n) is 5.57. The predicted molar refractivity (Wildman–Crippen MR) is 79.5 cm³/mol. The topological polar surface area (TPSA) is 56.5 Å². The lowest BCUT2D eigenvalue weighted by molar-refractivity contribution is 0.171. The fourth-order valence-corrected chi connectivity index (χ4v) is 2.22. The van der Waals surface area contributed by atoms with E-state index in [1.54, 1.807) is 0 Å². The molecule has 3 rings (SSSR count). The third kappa shape index (κ3) is 3.36. The van der Waals surface area contributed by atoms with Crippen LogP contribution in [-0.2, 0) is 6.54 Å². The molecule has 0 spiro atoms. The van der Waals surface area contributed by atoms with Gasteiger partial charge in [0.05, 0.1) is 5.69 Å². The Labute approximate surface area is 124 Å². The van der Waals surface area contributed by atoms with Gasteiger partial charge in [-0.25, -0.2) is 0 Å². The van der Waals surface area contributed by atoms with Crippen LogP contribution in [0.25, 0.3) is 11.3 Å². The number of benzene rings is 1. The van der Waals surface area contributed by atoms with Crippen molar-refractivity contribution in [1.82, 2.24) is 10.5 Å². The Morgan fingerprint density at radius 1 is 1.14 bits per heavy atom. The van der Waals surface area contributed by atoms with Crippen molar-refractivity contribution >= 4 is 0 Å². The second-order valence-corrected chi connectivity index (χ2v) is 5.57. The van der Waals surface area contributed by atoms with Gasteiger partial charge >= 0.3 is 0 Å². The lowest BCUT2D eigenvalue weighted by Gasteiger charge is -2.18. The number of hydrogen-bond acceptors (Lipinski definition) is 5. The van der Waals surface area contributed by atoms with Crippen molar-refractivity contribution < 1.29 is 14.0 Å². The summed E-state index contributed by atoms with van der Waals surface area (Å²) in [4.78, 5) is 0. The summed E-state index contributed by atoms with van der Waals surface area (Å²) < 4.78 is 16.5. The van der Waals surface area contributed by atoms with Crippen LogP contribution in [0.1, 0.15) is 19.5 Å². The Morgan fingerprint density at radius 3 is 2.76 bits per heavy atom. The molecular weight excluding hydrogens is 268 g/mol. The van der Waals surface area contributed by atoms with Gasteiger partial charge in [-0.15, -0.1) is 0 Å². The number of rotatable bonds is 5. The molecule has 0 aliphatic carbocycles. The van der Waals surface area contributed by atoms with E-state index in [1.165, 1.54) is 0 Å². The number of aromatic nitrogens is 1. The SMILES string of the molecule is CC(C)CNCc1cc(-c2ccc3c(c2)OCCO3)on1. The quantitative estimate of drug-likeness (QED) is 0.917. The first-order valence-corrected chi connectivity index (χ1v) is 7.28. The molecule has 1 aromatic heterocycles. The van der Waals surface area contributed by atoms with E-state index in [2.05, 4.69) is 24.3 Å². The van der Waals surface area contributed by atoms with Gasteiger partial charge in [0, 0.05) is 18.2 Å². The molecule has 0 unspecified atom stereocenters. The van der Waals surface area contributed by atoms with Gasteiger partial charge in [-0.05, 0) is 30.7 Å². The van der Waals surface area contributed by atoms with Crippen molar-refractivity contribution in [2.45, 2.75) is 20.4 Å². The summed E-state index contributed by atoms with van der Waals surface area (Å²) in [5.74, 6) is 2.90. The van der Waals surface area contributed by atoms with Crippen molar-refractivity contribution in [2.75, 3.05) is 19.8 Å². The van der Waals surface area contributed by atoms with Gasteiger partial charge in [0.1, 0.15) is 13.2 Å². The Balaban J connectivity index is 1.71. The zero-order chi connectivity index (χ0) is 14.7. The summed E-state index contributed by atoms with van der Waals surface area (Å²) in [7, 11) is 0. The Hall–Kier alpha value is -2.01. The van der Waals surface area contributed by atoms with E-state index in [-0.39, 0.29) is 0 Å². The van der Waals surface area contributed by atoms with Gasteiger partial charge in [-0.3, -0.25) is 0 Å². The molecule has 5 nitrogen and oxygen atoms in total. The van der Waals surface area contributed by atoms with Crippen LogP contribution in [0, 0.1) is 5.92 Å². The molecule has 0 saturated carbocycles. The molecule has 21 heavy (non-hydrogen) atoms. The molecule has 5 heteroatoms. The Bertz CT molecular complexity index is 607. The van der Waals surface area contributed by atoms with Crippen LogP contribution in [0.2, 0.25) is 0 Å². The van der Waals surface area contributed by atoms with Crippen LogP contribution < -0.4 is 14.8 Å². The number of fused-ring (bicyclic) bond motifs is 1. The van der Waals surface area contributed by atoms with Gasteiger partial charge in [-0.2, -0.15) is 0 Å². The molecule has 0 radical (unpaired) electrons. The second kappa shape index (κ2) is 6.18. The third-order valence-electron chi connectivity index (χ3n) is 3.24. The van der Waals surface area contributed by atoms with Crippen LogP contribution >= 0.6 is 0 Å². The maximum Gasteiger partial charge on any atom is 0.167 e. The minimum atomic E-state index is 0.581. The molecule has 0 amide bonds. The molecule has 2 aromatic rings. The van der Waals surface area contributed by atoms with Crippen molar-refractivity contribution in [1.29, 1.82) is 0 Å². The Morgan fingerprint density at radius 2 is 1.95 bits per heavy atom. The van der Waals surface area contributed by atoms with E-state index in [0.29, 0.717) is 25.7 Å². The van der Waals surface area contributed by atoms with Crippen molar-refractivity contribution in [3.8, 4) is 22.8 Å². The minimum absolute atomic E-state index is 0.581. The first kappa shape index (κ1) is 13.9. The van der Waals surface area contributed by atoms with Crippen LogP contribution in [0.5, 0.6) is 11.5 Å². The lowest BCUT2D eigenvalue weighted by atomic mass is 10.1. The van der Waals surface area contributed by atoms with Gasteiger partial charge in [0.25, 0.3) is 0 Å². The van der Waals surface area contributed by atoms with Crippen LogP contribution in [0.15, 0.2) is 28.8 Å². The maximum atomic E-state index is 5.58. The summed E-state index contributed by atoms with van der Waals surface area (Å²) in [6.45, 7) is 7.21. The predicted octanol–water partition coefficient (Wildman–Crippen LogP) is 2.86. The van der Waals surface area contributed by atoms with Crippen molar-refractivity contribution in [3.63, 3.8) is 0 Å². The van der Waals surface area contributed by atoms with Gasteiger partial charge in [0.2, 0.25) is 0 Å². The van der Waals surface area contributed by atoms with Crippen LogP contribution in [0.4, 0.5) is 0 Å². The number of nitrogens with one attached hydrogen (secondary N) is 1. The highest BCUT2D eigenvalue weighted by atomic mass is 16.6. The molecule has 0 bridgehead atoms. The van der Waals surface area contributed by atoms with Gasteiger partial charge in [-0.1, -0.05) is 19.0 Å². The highest BCUT2D eigenvalue weighted by Gasteiger charge is 2.14. The molecule has 0 saturated heterocycles. The van der Waals surface area contributed by atoms with Crippen molar-refractivity contribution in [2.24, 2.45) is 5.92 Å². The van der Waals surface area contributed by atoms with E-state index >= 15 is 0 Å². The number of hydrogen-bond donors (Lipinski definition) is 1. The monoisotopic (exact) mass is 288 g/mol. The van der Waals surface area contributed by atoms with Crippen LogP contribution in [0.3, 0.4) is 0 Å². The molecule has 0 fully saturated rings. The number of nitrogens with zero attached hydrogens (tertiary/aromatic N) is 1. The van der Waals surface area contributed by atoms with E-state index in [9.17, 15) is 0 Å². The van der Waals surface area contributed by atoms with Crippen molar-refractivity contribution in [3.05, 3.63) is 30.0 Å². The molecule has 112 valence electrons. The summed E-state index contributed by atoms with van der Waals surface area (Å²) in [5, 5.41) is 7.44. The largest absolute Gasteiger partial charge is 0.486 e. The summed E-state index contributed by atoms with van der Waals surface area (Å²) in [6, 6.07) is 7.75. The summed E-state index contributed by atoms with van der Waals surface area (Å²) in [5.41, 5.74) is 1.85. The highest BCUT2D eigenvalue weighted by Crippen LogP contribution is 2.34. The van der Waals surface area contributed by atoms with E-state index in [1.807, 2.05) is 24.3 Å². The minimum Gasteiger partial charge on any atom is -0.486 e. The van der Waals surface area contributed by atoms with E-state index in [4.69, 9.17) is 14.0 Å². The van der Waals surface area contributed by atoms with Crippen LogP contribution in [-0.4, -0.2) is 24.9 Å². The zero-order valence-electron chi connectivity index (χ0n) is 12.4. The van der Waals surface area contributed by atoms with E-state index in [0.717, 1.165) is 35.1 Å². The molecule has 1 N–H and O–H groups in total. The molecule has 1 aliphatic rings. The summed E-state index contributed by atoms with van der Waals surface area (Å²) in [6.07, 6.45) is 0. The Kier molecular flexibility index (Phi) is 4.10. The van der Waals surface area contributed by atoms with Gasteiger partial charge in [0.15, 0.2) is 17.3 Å². The highest BCUT2D eigenvalue weighted by molar-refractivity contribution is 5.63. The van der Waals surface area contributed by atoms with Gasteiger partial charge < -0.3 is 19.3 Å². The maximum absolute atomic E-state index is 5.58. The normalized spacial score (nSPS) is 13.7. The summed E-state index contributed by atoms with van der Waals surface area (Å²) >= 11 is 0.